The molecule has 0 atom stereocenters. The number of benzene rings is 1. The minimum absolute atomic E-state index is 0. The number of hydrogen-bond donors (Lipinski definition) is 0. The molecule has 0 amide bonds. The van der Waals surface area contributed by atoms with Gasteiger partial charge in [0, 0.05) is 37.7 Å². The Labute approximate surface area is 155 Å². The van der Waals surface area contributed by atoms with Crippen LogP contribution >= 0.6 is 0 Å². The average molecular weight is 405 g/mol. The summed E-state index contributed by atoms with van der Waals surface area (Å²) in [6, 6.07) is 6.95. The summed E-state index contributed by atoms with van der Waals surface area (Å²) >= 11 is 0. The minimum Gasteiger partial charge on any atom is -0.266 e. The van der Waals surface area contributed by atoms with Crippen LogP contribution in [0.4, 0.5) is 0 Å². The van der Waals surface area contributed by atoms with E-state index in [1.54, 1.807) is 0 Å². The Bertz CT molecular complexity index is 646. The molecule has 0 unspecified atom stereocenters. The smallest absolute Gasteiger partial charge is 0.0731 e. The summed E-state index contributed by atoms with van der Waals surface area (Å²) in [5.41, 5.74) is 8.03. The van der Waals surface area contributed by atoms with Crippen LogP contribution in [0.25, 0.3) is 11.1 Å². The van der Waals surface area contributed by atoms with Gasteiger partial charge >= 0.3 is 0 Å². The Hall–Kier alpha value is -0.908. The van der Waals surface area contributed by atoms with E-state index in [1.165, 1.54) is 33.6 Å². The van der Waals surface area contributed by atoms with E-state index >= 15 is 0 Å². The molecule has 2 nitrogen and oxygen atoms in total. The van der Waals surface area contributed by atoms with E-state index in [-0.39, 0.29) is 20.4 Å². The number of hydrogen-bond acceptors (Lipinski definition) is 1. The van der Waals surface area contributed by atoms with Gasteiger partial charge in [-0.3, -0.25) is 4.68 Å². The van der Waals surface area contributed by atoms with E-state index in [1.807, 2.05) is 0 Å². The summed E-state index contributed by atoms with van der Waals surface area (Å²) < 4.78 is 2.24. The second-order valence-corrected chi connectivity index (χ2v) is 7.26. The molecular formula is C20H30N2Pd. The number of rotatable bonds is 4. The molecule has 0 aliphatic carbocycles. The van der Waals surface area contributed by atoms with E-state index < -0.39 is 0 Å². The van der Waals surface area contributed by atoms with E-state index in [4.69, 9.17) is 5.10 Å². The van der Waals surface area contributed by atoms with Gasteiger partial charge in [0.1, 0.15) is 0 Å². The van der Waals surface area contributed by atoms with Gasteiger partial charge in [-0.15, -0.1) is 0 Å². The third-order valence-corrected chi connectivity index (χ3v) is 4.29. The Morgan fingerprint density at radius 2 is 1.35 bits per heavy atom. The first kappa shape index (κ1) is 20.1. The predicted molar refractivity (Wildman–Crippen MR) is 95.7 cm³/mol. The van der Waals surface area contributed by atoms with Crippen molar-refractivity contribution in [2.24, 2.45) is 0 Å². The van der Waals surface area contributed by atoms with Gasteiger partial charge in [0.2, 0.25) is 0 Å². The number of nitrogens with zero attached hydrogens (tertiary/aromatic N) is 2. The molecule has 0 aliphatic heterocycles. The second-order valence-electron chi connectivity index (χ2n) is 7.26. The molecule has 0 saturated carbocycles. The van der Waals surface area contributed by atoms with Crippen molar-refractivity contribution in [3.63, 3.8) is 0 Å². The fourth-order valence-corrected chi connectivity index (χ4v) is 3.28. The van der Waals surface area contributed by atoms with E-state index in [0.717, 1.165) is 0 Å². The van der Waals surface area contributed by atoms with Crippen LogP contribution in [-0.4, -0.2) is 9.78 Å². The van der Waals surface area contributed by atoms with Gasteiger partial charge in [-0.1, -0.05) is 45.9 Å². The van der Waals surface area contributed by atoms with Crippen LogP contribution in [0.15, 0.2) is 18.2 Å². The van der Waals surface area contributed by atoms with Crippen molar-refractivity contribution in [2.75, 3.05) is 0 Å². The summed E-state index contributed by atoms with van der Waals surface area (Å²) in [4.78, 5) is 0. The van der Waals surface area contributed by atoms with Crippen molar-refractivity contribution in [3.05, 3.63) is 40.7 Å². The van der Waals surface area contributed by atoms with Crippen molar-refractivity contribution in [1.29, 1.82) is 0 Å². The second kappa shape index (κ2) is 7.78. The summed E-state index contributed by atoms with van der Waals surface area (Å²) in [6.45, 7) is 17.9. The Morgan fingerprint density at radius 1 is 0.826 bits per heavy atom. The maximum atomic E-state index is 5.01. The first-order valence-electron chi connectivity index (χ1n) is 8.44. The van der Waals surface area contributed by atoms with Crippen LogP contribution in [0.2, 0.25) is 0 Å². The van der Waals surface area contributed by atoms with E-state index in [9.17, 15) is 0 Å². The van der Waals surface area contributed by atoms with Gasteiger partial charge < -0.3 is 0 Å². The largest absolute Gasteiger partial charge is 0.266 e. The normalized spacial score (nSPS) is 11.4. The van der Waals surface area contributed by atoms with Crippen LogP contribution < -0.4 is 0 Å². The molecule has 1 heterocycles. The maximum absolute atomic E-state index is 5.01. The summed E-state index contributed by atoms with van der Waals surface area (Å²) in [5, 5.41) is 5.01. The standard InChI is InChI=1S/C20H30N2.Pd/c1-12(2)19-18(17-15(7)10-9-11-16(17)8)20(13(3)4)22(21-19)14(5)6;/h9-14H,1-8H3;. The Morgan fingerprint density at radius 3 is 1.74 bits per heavy atom. The molecule has 1 aromatic heterocycles. The van der Waals surface area contributed by atoms with E-state index in [2.05, 4.69) is 78.3 Å². The maximum Gasteiger partial charge on any atom is 0.0731 e. The van der Waals surface area contributed by atoms with Crippen LogP contribution in [0.3, 0.4) is 0 Å². The molecule has 0 aliphatic rings. The Balaban J connectivity index is 0.00000264. The number of aryl methyl sites for hydroxylation is 2. The van der Waals surface area contributed by atoms with Crippen molar-refractivity contribution in [2.45, 2.75) is 73.3 Å². The summed E-state index contributed by atoms with van der Waals surface area (Å²) in [5.74, 6) is 0.878. The van der Waals surface area contributed by atoms with Gasteiger partial charge in [0.15, 0.2) is 0 Å². The quantitative estimate of drug-likeness (QED) is 0.572. The SMILES string of the molecule is Cc1cccc(C)c1-c1c(C(C)C)nn(C(C)C)c1C(C)C.[Pd]. The van der Waals surface area contributed by atoms with Crippen molar-refractivity contribution in [3.8, 4) is 11.1 Å². The van der Waals surface area contributed by atoms with Gasteiger partial charge in [-0.05, 0) is 56.2 Å². The van der Waals surface area contributed by atoms with Crippen molar-refractivity contribution < 1.29 is 20.4 Å². The zero-order valence-electron chi connectivity index (χ0n) is 15.7. The first-order valence-corrected chi connectivity index (χ1v) is 8.44. The van der Waals surface area contributed by atoms with Crippen LogP contribution in [-0.2, 0) is 20.4 Å². The zero-order chi connectivity index (χ0) is 16.6. The van der Waals surface area contributed by atoms with Gasteiger partial charge in [-0.2, -0.15) is 5.10 Å². The van der Waals surface area contributed by atoms with Crippen LogP contribution in [0.1, 0.15) is 81.9 Å². The van der Waals surface area contributed by atoms with Gasteiger partial charge in [0.05, 0.1) is 5.69 Å². The topological polar surface area (TPSA) is 17.8 Å². The fourth-order valence-electron chi connectivity index (χ4n) is 3.28. The van der Waals surface area contributed by atoms with E-state index in [0.29, 0.717) is 17.9 Å². The minimum atomic E-state index is 0. The molecule has 2 aromatic rings. The molecule has 0 N–H and O–H groups in total. The molecular weight excluding hydrogens is 375 g/mol. The van der Waals surface area contributed by atoms with Crippen molar-refractivity contribution in [1.82, 2.24) is 9.78 Å². The zero-order valence-corrected chi connectivity index (χ0v) is 17.2. The molecule has 0 radical (unpaired) electrons. The fraction of sp³-hybridized carbons (Fsp3) is 0.550. The van der Waals surface area contributed by atoms with Gasteiger partial charge in [-0.25, -0.2) is 0 Å². The molecule has 0 fully saturated rings. The molecule has 0 bridgehead atoms. The third-order valence-electron chi connectivity index (χ3n) is 4.29. The molecule has 1 aromatic carbocycles. The molecule has 3 heteroatoms. The van der Waals surface area contributed by atoms with Crippen LogP contribution in [0.5, 0.6) is 0 Å². The monoisotopic (exact) mass is 404 g/mol. The number of aromatic nitrogens is 2. The van der Waals surface area contributed by atoms with Crippen molar-refractivity contribution >= 4 is 0 Å². The Kier molecular flexibility index (Phi) is 6.81. The molecule has 2 rings (SSSR count). The van der Waals surface area contributed by atoms with Crippen LogP contribution in [0, 0.1) is 13.8 Å². The first-order chi connectivity index (χ1) is 10.3. The molecule has 23 heavy (non-hydrogen) atoms. The molecule has 0 spiro atoms. The average Bonchev–Trinajstić information content (AvgIpc) is 2.79. The van der Waals surface area contributed by atoms with Gasteiger partial charge in [0.25, 0.3) is 0 Å². The molecule has 0 saturated heterocycles. The summed E-state index contributed by atoms with van der Waals surface area (Å²) in [6.07, 6.45) is 0. The molecule has 130 valence electrons. The predicted octanol–water partition coefficient (Wildman–Crippen LogP) is 5.99. The third kappa shape index (κ3) is 3.78. The summed E-state index contributed by atoms with van der Waals surface area (Å²) in [7, 11) is 0.